The number of carbonyl (C=O) groups excluding carboxylic acids is 2. The fraction of sp³-hybridized carbons (Fsp3) is 0.950. The maximum Gasteiger partial charge on any atom is 0.220 e. The molecule has 2 amide bonds. The first-order valence-electron chi connectivity index (χ1n) is 20.6. The van der Waals surface area contributed by atoms with E-state index in [1.165, 1.54) is 176 Å². The minimum atomic E-state index is -0.0884. The summed E-state index contributed by atoms with van der Waals surface area (Å²) in [6.45, 7) is 14.2. The van der Waals surface area contributed by atoms with Crippen molar-refractivity contribution in [1.29, 1.82) is 0 Å². The number of nitrogens with zero attached hydrogens (tertiary/aromatic N) is 2. The third-order valence-corrected chi connectivity index (χ3v) is 12.1. The lowest BCUT2D eigenvalue weighted by Gasteiger charge is -2.45. The first kappa shape index (κ1) is 41.0. The minimum Gasteiger partial charge on any atom is -0.369 e. The molecule has 0 aliphatic carbocycles. The van der Waals surface area contributed by atoms with E-state index in [-0.39, 0.29) is 23.7 Å². The van der Waals surface area contributed by atoms with E-state index in [1.807, 2.05) is 0 Å². The maximum absolute atomic E-state index is 11.9. The van der Waals surface area contributed by atoms with Gasteiger partial charge in [0.15, 0.2) is 0 Å². The molecule has 2 saturated heterocycles. The summed E-state index contributed by atoms with van der Waals surface area (Å²) in [5.41, 5.74) is 11.5. The topological polar surface area (TPSA) is 86.2 Å². The summed E-state index contributed by atoms with van der Waals surface area (Å²) in [7, 11) is 0. The first-order valence-corrected chi connectivity index (χ1v) is 20.6. The van der Waals surface area contributed by atoms with Crippen molar-refractivity contribution in [3.8, 4) is 0 Å². The molecular formula is C40H80N4O2+2. The van der Waals surface area contributed by atoms with Crippen LogP contribution in [0.5, 0.6) is 0 Å². The highest BCUT2D eigenvalue weighted by atomic mass is 16.1. The second-order valence-corrected chi connectivity index (χ2v) is 15.9. The Bertz CT molecular complexity index is 707. The number of carbonyl (C=O) groups is 2. The van der Waals surface area contributed by atoms with Crippen LogP contribution in [0, 0.1) is 11.8 Å². The van der Waals surface area contributed by atoms with Crippen molar-refractivity contribution in [1.82, 2.24) is 0 Å². The average Bonchev–Trinajstić information content (AvgIpc) is 3.05. The van der Waals surface area contributed by atoms with Gasteiger partial charge in [-0.3, -0.25) is 9.59 Å². The molecule has 2 aliphatic heterocycles. The zero-order valence-corrected chi connectivity index (χ0v) is 31.1. The van der Waals surface area contributed by atoms with E-state index in [0.717, 1.165) is 51.9 Å². The molecule has 0 aromatic heterocycles. The Balaban J connectivity index is 1.78. The van der Waals surface area contributed by atoms with E-state index in [9.17, 15) is 9.59 Å². The van der Waals surface area contributed by atoms with Crippen LogP contribution in [0.1, 0.15) is 181 Å². The van der Waals surface area contributed by atoms with E-state index >= 15 is 0 Å². The van der Waals surface area contributed by atoms with Crippen molar-refractivity contribution in [2.45, 2.75) is 181 Å². The summed E-state index contributed by atoms with van der Waals surface area (Å²) in [6, 6.07) is 0. The Labute approximate surface area is 286 Å². The summed E-state index contributed by atoms with van der Waals surface area (Å²) < 4.78 is 2.42. The van der Waals surface area contributed by atoms with Gasteiger partial charge < -0.3 is 20.4 Å². The fourth-order valence-corrected chi connectivity index (χ4v) is 8.68. The minimum absolute atomic E-state index is 0.0837. The number of primary amides is 2. The van der Waals surface area contributed by atoms with Crippen LogP contribution in [-0.2, 0) is 9.59 Å². The Morgan fingerprint density at radius 2 is 0.630 bits per heavy atom. The van der Waals surface area contributed by atoms with Gasteiger partial charge in [-0.05, 0) is 25.7 Å². The van der Waals surface area contributed by atoms with Crippen molar-refractivity contribution in [3.05, 3.63) is 0 Å². The molecule has 2 rings (SSSR count). The van der Waals surface area contributed by atoms with Crippen molar-refractivity contribution in [3.63, 3.8) is 0 Å². The molecule has 270 valence electrons. The quantitative estimate of drug-likeness (QED) is 0.0626. The summed E-state index contributed by atoms with van der Waals surface area (Å²) in [4.78, 5) is 23.9. The third-order valence-electron chi connectivity index (χ3n) is 12.1. The molecule has 6 heteroatoms. The zero-order valence-electron chi connectivity index (χ0n) is 31.1. The predicted octanol–water partition coefficient (Wildman–Crippen LogP) is 9.03. The zero-order chi connectivity index (χ0) is 33.4. The first-order chi connectivity index (χ1) is 22.4. The predicted molar refractivity (Wildman–Crippen MR) is 196 cm³/mol. The lowest BCUT2D eigenvalue weighted by molar-refractivity contribution is -0.939. The van der Waals surface area contributed by atoms with Crippen LogP contribution in [-0.4, -0.2) is 73.1 Å². The van der Waals surface area contributed by atoms with E-state index < -0.39 is 0 Å². The summed E-state index contributed by atoms with van der Waals surface area (Å²) >= 11 is 0. The van der Waals surface area contributed by atoms with E-state index in [0.29, 0.717) is 0 Å². The highest BCUT2D eigenvalue weighted by molar-refractivity contribution is 5.77. The molecule has 0 atom stereocenters. The molecule has 0 bridgehead atoms. The van der Waals surface area contributed by atoms with Gasteiger partial charge in [-0.2, -0.15) is 0 Å². The normalized spacial score (nSPS) is 25.1. The lowest BCUT2D eigenvalue weighted by atomic mass is 9.92. The van der Waals surface area contributed by atoms with Crippen LogP contribution in [0.3, 0.4) is 0 Å². The SMILES string of the molecule is CCCCCCCCCCCC[N+]1(CCCC[N+]2(CCCCCCCCCCCC)CCC(C(N)=O)CC2)CCC(C(N)=O)CC1. The molecule has 6 nitrogen and oxygen atoms in total. The number of hydrogen-bond acceptors (Lipinski definition) is 2. The Morgan fingerprint density at radius 3 is 0.870 bits per heavy atom. The fourth-order valence-electron chi connectivity index (χ4n) is 8.68. The number of unbranched alkanes of at least 4 members (excludes halogenated alkanes) is 19. The Hall–Kier alpha value is -1.14. The number of nitrogens with two attached hydrogens (primary N) is 2. The second kappa shape index (κ2) is 24.9. The van der Waals surface area contributed by atoms with Gasteiger partial charge in [-0.25, -0.2) is 0 Å². The number of piperidine rings is 2. The van der Waals surface area contributed by atoms with E-state index in [1.54, 1.807) is 0 Å². The number of quaternary nitrogens is 2. The lowest BCUT2D eigenvalue weighted by Crippen LogP contribution is -2.56. The maximum atomic E-state index is 11.9. The third kappa shape index (κ3) is 17.3. The Morgan fingerprint density at radius 1 is 0.413 bits per heavy atom. The van der Waals surface area contributed by atoms with Gasteiger partial charge in [0.1, 0.15) is 0 Å². The largest absolute Gasteiger partial charge is 0.369 e. The monoisotopic (exact) mass is 649 g/mol. The van der Waals surface area contributed by atoms with Gasteiger partial charge in [0, 0.05) is 50.4 Å². The van der Waals surface area contributed by atoms with Gasteiger partial charge in [0.05, 0.1) is 52.4 Å². The summed E-state index contributed by atoms with van der Waals surface area (Å²) in [6.07, 6.45) is 34.1. The van der Waals surface area contributed by atoms with Crippen LogP contribution in [0.15, 0.2) is 0 Å². The van der Waals surface area contributed by atoms with Gasteiger partial charge in [-0.15, -0.1) is 0 Å². The van der Waals surface area contributed by atoms with Gasteiger partial charge in [0.2, 0.25) is 11.8 Å². The second-order valence-electron chi connectivity index (χ2n) is 15.9. The Kier molecular flexibility index (Phi) is 22.2. The molecular weight excluding hydrogens is 568 g/mol. The molecule has 4 N–H and O–H groups in total. The molecule has 0 unspecified atom stereocenters. The molecule has 0 aromatic carbocycles. The van der Waals surface area contributed by atoms with Crippen molar-refractivity contribution >= 4 is 11.8 Å². The van der Waals surface area contributed by atoms with Crippen LogP contribution >= 0.6 is 0 Å². The van der Waals surface area contributed by atoms with Gasteiger partial charge in [0.25, 0.3) is 0 Å². The van der Waals surface area contributed by atoms with E-state index in [4.69, 9.17) is 11.5 Å². The summed E-state index contributed by atoms with van der Waals surface area (Å²) in [5.74, 6) is -0.00943. The van der Waals surface area contributed by atoms with Crippen molar-refractivity contribution < 1.29 is 18.6 Å². The van der Waals surface area contributed by atoms with Crippen molar-refractivity contribution in [2.75, 3.05) is 52.4 Å². The van der Waals surface area contributed by atoms with Crippen molar-refractivity contribution in [2.24, 2.45) is 23.3 Å². The smallest absolute Gasteiger partial charge is 0.220 e. The van der Waals surface area contributed by atoms with Crippen LogP contribution in [0.4, 0.5) is 0 Å². The molecule has 46 heavy (non-hydrogen) atoms. The number of amides is 2. The highest BCUT2D eigenvalue weighted by Crippen LogP contribution is 2.28. The standard InChI is InChI=1S/C40H78N4O2/c1-3-5-7-9-11-13-15-17-19-21-29-43(33-25-37(26-34-43)39(41)45)31-23-24-32-44(35-27-38(28-36-44)40(42)46)30-22-20-18-16-14-12-10-8-6-4-2/h37-38H,3-36H2,1-2H3,(H2-2,41,42,45,46)/p+2. The average molecular weight is 649 g/mol. The molecule has 0 saturated carbocycles. The molecule has 2 aliphatic rings. The number of hydrogen-bond donors (Lipinski definition) is 2. The molecule has 0 spiro atoms. The molecule has 2 fully saturated rings. The van der Waals surface area contributed by atoms with Crippen LogP contribution < -0.4 is 11.5 Å². The number of rotatable bonds is 29. The van der Waals surface area contributed by atoms with Crippen LogP contribution in [0.25, 0.3) is 0 Å². The molecule has 0 aromatic rings. The highest BCUT2D eigenvalue weighted by Gasteiger charge is 2.37. The van der Waals surface area contributed by atoms with E-state index in [2.05, 4.69) is 13.8 Å². The summed E-state index contributed by atoms with van der Waals surface area (Å²) in [5, 5.41) is 0. The number of likely N-dealkylation sites (tertiary alicyclic amines) is 2. The van der Waals surface area contributed by atoms with Crippen LogP contribution in [0.2, 0.25) is 0 Å². The molecule has 2 heterocycles. The van der Waals surface area contributed by atoms with Gasteiger partial charge in [-0.1, -0.05) is 117 Å². The molecule has 0 radical (unpaired) electrons. The van der Waals surface area contributed by atoms with Gasteiger partial charge >= 0.3 is 0 Å².